The molecule has 2 atom stereocenters. The van der Waals surface area contributed by atoms with Crippen LogP contribution in [0.25, 0.3) is 22.9 Å². The van der Waals surface area contributed by atoms with Gasteiger partial charge in [-0.1, -0.05) is 49.2 Å². The topological polar surface area (TPSA) is 157 Å². The fourth-order valence-electron chi connectivity index (χ4n) is 5.60. The summed E-state index contributed by atoms with van der Waals surface area (Å²) >= 11 is 12.8. The predicted molar refractivity (Wildman–Crippen MR) is 181 cm³/mol. The summed E-state index contributed by atoms with van der Waals surface area (Å²) in [5.74, 6) is -0.250. The minimum Gasteiger partial charge on any atom is -0.453 e. The van der Waals surface area contributed by atoms with Crippen LogP contribution in [0, 0.1) is 11.8 Å². The SMILES string of the molecule is COC(=O)Nc1ccc(-c2cc(C(CC3CCCN(C(=O)C(C)C)C3)NC(=O)C=Cc3cc(Cl)ccc3-n3cnnn3)nnc2Cl)cc1. The number of nitrogens with one attached hydrogen (secondary N) is 2. The maximum atomic E-state index is 13.5. The molecule has 0 saturated carbocycles. The fraction of sp³-hybridized carbons (Fsp3) is 0.333. The molecule has 3 heterocycles. The number of anilines is 1. The second kappa shape index (κ2) is 15.8. The second-order valence-electron chi connectivity index (χ2n) is 11.7. The van der Waals surface area contributed by atoms with Crippen molar-refractivity contribution in [1.82, 2.24) is 40.6 Å². The van der Waals surface area contributed by atoms with Crippen LogP contribution in [0.4, 0.5) is 10.5 Å². The summed E-state index contributed by atoms with van der Waals surface area (Å²) < 4.78 is 6.14. The number of carbonyl (C=O) groups is 3. The molecular formula is C33H35Cl2N9O4. The number of hydrogen-bond donors (Lipinski definition) is 2. The summed E-state index contributed by atoms with van der Waals surface area (Å²) in [4.78, 5) is 39.8. The highest BCUT2D eigenvalue weighted by molar-refractivity contribution is 6.32. The third-order valence-electron chi connectivity index (χ3n) is 7.96. The summed E-state index contributed by atoms with van der Waals surface area (Å²) in [6.07, 6.45) is 6.20. The van der Waals surface area contributed by atoms with Gasteiger partial charge in [0.15, 0.2) is 5.15 Å². The van der Waals surface area contributed by atoms with Gasteiger partial charge >= 0.3 is 6.09 Å². The van der Waals surface area contributed by atoms with Crippen molar-refractivity contribution >= 4 is 52.9 Å². The number of benzene rings is 2. The van der Waals surface area contributed by atoms with Crippen LogP contribution < -0.4 is 10.6 Å². The average Bonchev–Trinajstić information content (AvgIpc) is 3.62. The van der Waals surface area contributed by atoms with Gasteiger partial charge in [0, 0.05) is 46.9 Å². The van der Waals surface area contributed by atoms with Crippen molar-refractivity contribution in [3.8, 4) is 16.8 Å². The molecule has 13 nitrogen and oxygen atoms in total. The first-order valence-electron chi connectivity index (χ1n) is 15.4. The van der Waals surface area contributed by atoms with Crippen molar-refractivity contribution < 1.29 is 19.1 Å². The van der Waals surface area contributed by atoms with E-state index >= 15 is 0 Å². The summed E-state index contributed by atoms with van der Waals surface area (Å²) in [5.41, 5.74) is 3.67. The second-order valence-corrected chi connectivity index (χ2v) is 12.5. The highest BCUT2D eigenvalue weighted by Crippen LogP contribution is 2.32. The smallest absolute Gasteiger partial charge is 0.411 e. The van der Waals surface area contributed by atoms with E-state index in [1.807, 2.05) is 18.7 Å². The Bertz CT molecular complexity index is 1780. The Kier molecular flexibility index (Phi) is 11.3. The van der Waals surface area contributed by atoms with Gasteiger partial charge < -0.3 is 15.0 Å². The van der Waals surface area contributed by atoms with Gasteiger partial charge in [-0.05, 0) is 83.6 Å². The number of rotatable bonds is 10. The normalized spacial score (nSPS) is 15.4. The Morgan fingerprint density at radius 3 is 2.58 bits per heavy atom. The first kappa shape index (κ1) is 34.5. The summed E-state index contributed by atoms with van der Waals surface area (Å²) in [7, 11) is 1.29. The number of amides is 3. The van der Waals surface area contributed by atoms with Crippen LogP contribution >= 0.6 is 23.2 Å². The quantitative estimate of drug-likeness (QED) is 0.197. The van der Waals surface area contributed by atoms with Gasteiger partial charge in [-0.3, -0.25) is 14.9 Å². The molecule has 0 spiro atoms. The number of nitrogens with zero attached hydrogens (tertiary/aromatic N) is 7. The number of methoxy groups -OCH3 is 1. The Hall–Kier alpha value is -4.88. The zero-order chi connectivity index (χ0) is 34.2. The molecule has 2 N–H and O–H groups in total. The Balaban J connectivity index is 1.42. The summed E-state index contributed by atoms with van der Waals surface area (Å²) in [6.45, 7) is 5.09. The molecule has 0 radical (unpaired) electrons. The minimum absolute atomic E-state index is 0.104. The lowest BCUT2D eigenvalue weighted by atomic mass is 9.89. The molecule has 250 valence electrons. The van der Waals surface area contributed by atoms with Gasteiger partial charge in [0.05, 0.1) is 24.5 Å². The van der Waals surface area contributed by atoms with Gasteiger partial charge in [-0.15, -0.1) is 10.2 Å². The van der Waals surface area contributed by atoms with Crippen molar-refractivity contribution in [1.29, 1.82) is 0 Å². The number of piperidine rings is 1. The molecular weight excluding hydrogens is 657 g/mol. The van der Waals surface area contributed by atoms with Crippen LogP contribution in [-0.2, 0) is 14.3 Å². The van der Waals surface area contributed by atoms with E-state index in [9.17, 15) is 14.4 Å². The highest BCUT2D eigenvalue weighted by Gasteiger charge is 2.29. The number of halogens is 2. The van der Waals surface area contributed by atoms with Crippen LogP contribution in [0.2, 0.25) is 10.2 Å². The molecule has 0 aliphatic carbocycles. The zero-order valence-corrected chi connectivity index (χ0v) is 28.1. The van der Waals surface area contributed by atoms with Crippen molar-refractivity contribution in [2.75, 3.05) is 25.5 Å². The van der Waals surface area contributed by atoms with Gasteiger partial charge in [-0.2, -0.15) is 9.78 Å². The third kappa shape index (κ3) is 8.72. The van der Waals surface area contributed by atoms with E-state index in [1.54, 1.807) is 54.6 Å². The maximum Gasteiger partial charge on any atom is 0.411 e. The molecule has 2 unspecified atom stereocenters. The van der Waals surface area contributed by atoms with Crippen LogP contribution in [-0.4, -0.2) is 73.4 Å². The fourth-order valence-corrected chi connectivity index (χ4v) is 5.98. The number of aromatic nitrogens is 6. The van der Waals surface area contributed by atoms with Gasteiger partial charge in [0.25, 0.3) is 0 Å². The van der Waals surface area contributed by atoms with Crippen molar-refractivity contribution in [2.45, 2.75) is 39.2 Å². The van der Waals surface area contributed by atoms with E-state index in [0.717, 1.165) is 18.4 Å². The molecule has 0 bridgehead atoms. The van der Waals surface area contributed by atoms with E-state index in [2.05, 4.69) is 41.1 Å². The number of tetrazole rings is 1. The predicted octanol–water partition coefficient (Wildman–Crippen LogP) is 5.76. The van der Waals surface area contributed by atoms with E-state index in [-0.39, 0.29) is 28.8 Å². The Labute approximate surface area is 287 Å². The van der Waals surface area contributed by atoms with Crippen molar-refractivity contribution in [2.24, 2.45) is 11.8 Å². The molecule has 1 aliphatic heterocycles. The van der Waals surface area contributed by atoms with E-state index in [0.29, 0.717) is 52.7 Å². The molecule has 3 amide bonds. The van der Waals surface area contributed by atoms with Crippen LogP contribution in [0.3, 0.4) is 0 Å². The summed E-state index contributed by atoms with van der Waals surface area (Å²) in [6, 6.07) is 13.4. The van der Waals surface area contributed by atoms with Crippen molar-refractivity contribution in [3.05, 3.63) is 82.4 Å². The number of carbonyl (C=O) groups excluding carboxylic acids is 3. The minimum atomic E-state index is -0.584. The van der Waals surface area contributed by atoms with Crippen LogP contribution in [0.1, 0.15) is 50.4 Å². The molecule has 1 aliphatic rings. The number of ether oxygens (including phenoxy) is 1. The molecule has 48 heavy (non-hydrogen) atoms. The number of likely N-dealkylation sites (tertiary alicyclic amines) is 1. The molecule has 1 fully saturated rings. The van der Waals surface area contributed by atoms with E-state index in [1.165, 1.54) is 24.2 Å². The van der Waals surface area contributed by atoms with Crippen molar-refractivity contribution in [3.63, 3.8) is 0 Å². The highest BCUT2D eigenvalue weighted by atomic mass is 35.5. The molecule has 15 heteroatoms. The van der Waals surface area contributed by atoms with Crippen LogP contribution in [0.15, 0.2) is 60.9 Å². The lowest BCUT2D eigenvalue weighted by molar-refractivity contribution is -0.136. The Morgan fingerprint density at radius 2 is 1.88 bits per heavy atom. The monoisotopic (exact) mass is 691 g/mol. The van der Waals surface area contributed by atoms with Gasteiger partial charge in [0.1, 0.15) is 6.33 Å². The Morgan fingerprint density at radius 1 is 1.08 bits per heavy atom. The molecule has 2 aromatic heterocycles. The maximum absolute atomic E-state index is 13.5. The lowest BCUT2D eigenvalue weighted by Gasteiger charge is -2.35. The largest absolute Gasteiger partial charge is 0.453 e. The van der Waals surface area contributed by atoms with Gasteiger partial charge in [0.2, 0.25) is 11.8 Å². The van der Waals surface area contributed by atoms with E-state index < -0.39 is 12.1 Å². The third-order valence-corrected chi connectivity index (χ3v) is 8.48. The first-order valence-corrected chi connectivity index (χ1v) is 16.2. The molecule has 1 saturated heterocycles. The zero-order valence-electron chi connectivity index (χ0n) is 26.6. The number of hydrogen-bond acceptors (Lipinski definition) is 9. The molecule has 2 aromatic carbocycles. The first-order chi connectivity index (χ1) is 23.1. The standard InChI is InChI=1S/C33H35Cl2N9O4/c1-20(2)32(46)43-14-4-5-21(18-43)15-27(38-30(45)13-8-23-16-24(34)9-12-29(23)44-19-36-41-42-44)28-17-26(31(35)40-39-28)22-6-10-25(11-7-22)37-33(47)48-3/h6-13,16-17,19-21,27H,4-5,14-15,18H2,1-3H3,(H,37,47)(H,38,45). The average molecular weight is 693 g/mol. The summed E-state index contributed by atoms with van der Waals surface area (Å²) in [5, 5.41) is 26.3. The molecule has 5 rings (SSSR count). The van der Waals surface area contributed by atoms with E-state index in [4.69, 9.17) is 23.2 Å². The molecule has 4 aromatic rings. The van der Waals surface area contributed by atoms with Crippen LogP contribution in [0.5, 0.6) is 0 Å². The lowest BCUT2D eigenvalue weighted by Crippen LogP contribution is -2.43. The van der Waals surface area contributed by atoms with Gasteiger partial charge in [-0.25, -0.2) is 4.79 Å².